The normalized spacial score (nSPS) is 28.2. The van der Waals surface area contributed by atoms with Gasteiger partial charge in [-0.05, 0) is 48.4 Å². The van der Waals surface area contributed by atoms with E-state index >= 15 is 8.78 Å². The van der Waals surface area contributed by atoms with E-state index in [1.54, 1.807) is 0 Å². The molecular formula is C24H22Cl2F2N2O3. The maximum Gasteiger partial charge on any atom is 0.321 e. The van der Waals surface area contributed by atoms with Crippen molar-refractivity contribution in [2.24, 2.45) is 5.41 Å². The number of aliphatic hydroxyl groups excluding tert-OH is 1. The minimum absolute atomic E-state index is 0.0764. The number of aliphatic carboxylic acids is 1. The molecule has 0 unspecified atom stereocenters. The fraction of sp³-hybridized carbons (Fsp3) is 0.417. The Balaban J connectivity index is 1.99. The van der Waals surface area contributed by atoms with Crippen molar-refractivity contribution in [2.75, 3.05) is 6.61 Å². The third kappa shape index (κ3) is 3.79. The molecule has 1 heterocycles. The molecular weight excluding hydrogens is 473 g/mol. The van der Waals surface area contributed by atoms with E-state index in [9.17, 15) is 20.3 Å². The number of nitriles is 1. The summed E-state index contributed by atoms with van der Waals surface area (Å²) in [5.41, 5.74) is -2.49. The number of carbonyl (C=O) groups is 1. The molecule has 2 aromatic rings. The molecule has 0 radical (unpaired) electrons. The highest BCUT2D eigenvalue weighted by atomic mass is 35.5. The van der Waals surface area contributed by atoms with Gasteiger partial charge in [-0.2, -0.15) is 5.26 Å². The second kappa shape index (κ2) is 8.84. The monoisotopic (exact) mass is 494 g/mol. The Kier molecular flexibility index (Phi) is 6.41. The average Bonchev–Trinajstić information content (AvgIpc) is 3.07. The molecule has 0 amide bonds. The Morgan fingerprint density at radius 3 is 2.52 bits per heavy atom. The molecule has 0 spiro atoms. The molecule has 4 rings (SSSR count). The van der Waals surface area contributed by atoms with E-state index < -0.39 is 46.4 Å². The van der Waals surface area contributed by atoms with Gasteiger partial charge in [0, 0.05) is 29.2 Å². The van der Waals surface area contributed by atoms with Crippen LogP contribution in [-0.4, -0.2) is 34.9 Å². The molecule has 1 aliphatic heterocycles. The van der Waals surface area contributed by atoms with Gasteiger partial charge in [-0.15, -0.1) is 0 Å². The second-order valence-corrected chi connectivity index (χ2v) is 9.82. The van der Waals surface area contributed by atoms with Crippen LogP contribution in [-0.2, 0) is 10.2 Å². The largest absolute Gasteiger partial charge is 0.480 e. The number of halogens is 4. The van der Waals surface area contributed by atoms with Gasteiger partial charge in [-0.25, -0.2) is 8.78 Å². The van der Waals surface area contributed by atoms with Crippen LogP contribution in [0.3, 0.4) is 0 Å². The Morgan fingerprint density at radius 2 is 1.97 bits per heavy atom. The minimum Gasteiger partial charge on any atom is -0.480 e. The highest BCUT2D eigenvalue weighted by molar-refractivity contribution is 6.31. The maximum atomic E-state index is 15.3. The number of hydrogen-bond acceptors (Lipinski definition) is 4. The number of nitrogens with zero attached hydrogens (tertiary/aromatic N) is 1. The molecule has 1 saturated carbocycles. The summed E-state index contributed by atoms with van der Waals surface area (Å²) in [7, 11) is 0. The van der Waals surface area contributed by atoms with Crippen molar-refractivity contribution in [2.45, 2.75) is 49.1 Å². The first-order valence-corrected chi connectivity index (χ1v) is 11.3. The molecule has 2 aliphatic rings. The topological polar surface area (TPSA) is 93.4 Å². The number of benzene rings is 2. The highest BCUT2D eigenvalue weighted by Crippen LogP contribution is 2.55. The van der Waals surface area contributed by atoms with Gasteiger partial charge in [0.15, 0.2) is 0 Å². The first-order valence-electron chi connectivity index (χ1n) is 10.6. The number of carboxylic acids is 1. The van der Waals surface area contributed by atoms with Crippen LogP contribution in [0.5, 0.6) is 0 Å². The number of aliphatic hydroxyl groups is 1. The van der Waals surface area contributed by atoms with Crippen LogP contribution in [0, 0.1) is 28.4 Å². The van der Waals surface area contributed by atoms with E-state index in [2.05, 4.69) is 11.4 Å². The van der Waals surface area contributed by atoms with Crippen LogP contribution in [0.4, 0.5) is 8.78 Å². The third-order valence-electron chi connectivity index (χ3n) is 7.29. The molecule has 2 aromatic carbocycles. The summed E-state index contributed by atoms with van der Waals surface area (Å²) in [6, 6.07) is 7.88. The van der Waals surface area contributed by atoms with Gasteiger partial charge in [-0.3, -0.25) is 10.1 Å². The second-order valence-electron chi connectivity index (χ2n) is 8.98. The van der Waals surface area contributed by atoms with Crippen molar-refractivity contribution in [3.05, 3.63) is 69.2 Å². The molecule has 1 aliphatic carbocycles. The van der Waals surface area contributed by atoms with Gasteiger partial charge in [0.25, 0.3) is 0 Å². The predicted molar refractivity (Wildman–Crippen MR) is 119 cm³/mol. The summed E-state index contributed by atoms with van der Waals surface area (Å²) in [5, 5.41) is 33.5. The first kappa shape index (κ1) is 23.9. The summed E-state index contributed by atoms with van der Waals surface area (Å²) < 4.78 is 30.6. The van der Waals surface area contributed by atoms with Crippen LogP contribution in [0.1, 0.15) is 42.7 Å². The lowest BCUT2D eigenvalue weighted by Crippen LogP contribution is -2.48. The minimum atomic E-state index is -1.80. The number of rotatable bonds is 6. The molecule has 5 nitrogen and oxygen atoms in total. The Bertz CT molecular complexity index is 1130. The zero-order valence-corrected chi connectivity index (χ0v) is 19.0. The van der Waals surface area contributed by atoms with Crippen LogP contribution >= 0.6 is 23.2 Å². The molecule has 9 heteroatoms. The van der Waals surface area contributed by atoms with Crippen molar-refractivity contribution in [3.8, 4) is 6.07 Å². The van der Waals surface area contributed by atoms with Crippen LogP contribution in [0.15, 0.2) is 36.4 Å². The van der Waals surface area contributed by atoms with Gasteiger partial charge in [0.05, 0.1) is 11.1 Å². The Labute approximate surface area is 199 Å². The Morgan fingerprint density at radius 1 is 1.24 bits per heavy atom. The molecule has 0 aromatic heterocycles. The van der Waals surface area contributed by atoms with E-state index in [4.69, 9.17) is 23.2 Å². The van der Waals surface area contributed by atoms with Crippen LogP contribution < -0.4 is 5.32 Å². The fourth-order valence-corrected chi connectivity index (χ4v) is 5.81. The van der Waals surface area contributed by atoms with E-state index in [0.29, 0.717) is 12.8 Å². The highest BCUT2D eigenvalue weighted by Gasteiger charge is 2.62. The summed E-state index contributed by atoms with van der Waals surface area (Å²) in [6.07, 6.45) is 2.50. The maximum absolute atomic E-state index is 15.3. The van der Waals surface area contributed by atoms with Crippen molar-refractivity contribution in [1.29, 1.82) is 5.26 Å². The Hall–Kier alpha value is -2.24. The van der Waals surface area contributed by atoms with Gasteiger partial charge < -0.3 is 10.2 Å². The summed E-state index contributed by atoms with van der Waals surface area (Å²) in [6.45, 7) is -0.149. The SMILES string of the molecule is N#C[C@]1(c2ccc(Cl)cc2F)[C@H](CC2(CO)CCC2)N[C@@H](C(=O)O)[C@@H]1c1cccc(Cl)c1F. The smallest absolute Gasteiger partial charge is 0.321 e. The number of hydrogen-bond donors (Lipinski definition) is 3. The average molecular weight is 495 g/mol. The molecule has 0 bridgehead atoms. The fourth-order valence-electron chi connectivity index (χ4n) is 5.47. The molecule has 2 fully saturated rings. The lowest BCUT2D eigenvalue weighted by atomic mass is 9.59. The molecule has 3 N–H and O–H groups in total. The van der Waals surface area contributed by atoms with Crippen molar-refractivity contribution in [1.82, 2.24) is 5.32 Å². The number of nitrogens with one attached hydrogen (secondary N) is 1. The molecule has 33 heavy (non-hydrogen) atoms. The zero-order chi connectivity index (χ0) is 24.0. The zero-order valence-electron chi connectivity index (χ0n) is 17.5. The lowest BCUT2D eigenvalue weighted by Gasteiger charge is -2.45. The van der Waals surface area contributed by atoms with E-state index in [1.807, 2.05) is 0 Å². The van der Waals surface area contributed by atoms with Crippen molar-refractivity contribution in [3.63, 3.8) is 0 Å². The standard InChI is InChI=1S/C24H22Cl2F2N2O3/c25-13-5-6-15(17(27)9-13)24(11-29)18(10-23(12-31)7-2-8-23)30-21(22(32)33)19(24)14-3-1-4-16(26)20(14)28/h1,3-6,9,18-19,21,30-31H,2,7-8,10,12H2,(H,32,33)/t18-,19-,21+,24-/m0/s1. The lowest BCUT2D eigenvalue weighted by molar-refractivity contribution is -0.139. The quantitative estimate of drug-likeness (QED) is 0.536. The van der Waals surface area contributed by atoms with Gasteiger partial charge >= 0.3 is 5.97 Å². The van der Waals surface area contributed by atoms with Crippen LogP contribution in [0.25, 0.3) is 0 Å². The molecule has 4 atom stereocenters. The van der Waals surface area contributed by atoms with Crippen LogP contribution in [0.2, 0.25) is 10.0 Å². The summed E-state index contributed by atoms with van der Waals surface area (Å²) >= 11 is 11.9. The van der Waals surface area contributed by atoms with E-state index in [0.717, 1.165) is 12.5 Å². The van der Waals surface area contributed by atoms with E-state index in [1.165, 1.54) is 30.3 Å². The molecule has 174 valence electrons. The van der Waals surface area contributed by atoms with Gasteiger partial charge in [0.2, 0.25) is 0 Å². The van der Waals surface area contributed by atoms with Gasteiger partial charge in [-0.1, -0.05) is 47.8 Å². The van der Waals surface area contributed by atoms with E-state index in [-0.39, 0.29) is 34.2 Å². The van der Waals surface area contributed by atoms with Crippen molar-refractivity contribution >= 4 is 29.2 Å². The summed E-state index contributed by atoms with van der Waals surface area (Å²) in [4.78, 5) is 12.3. The summed E-state index contributed by atoms with van der Waals surface area (Å²) in [5.74, 6) is -4.24. The number of carboxylic acid groups (broad SMARTS) is 1. The third-order valence-corrected chi connectivity index (χ3v) is 7.81. The van der Waals surface area contributed by atoms with Crippen molar-refractivity contribution < 1.29 is 23.8 Å². The molecule has 1 saturated heterocycles. The van der Waals surface area contributed by atoms with Gasteiger partial charge in [0.1, 0.15) is 23.1 Å². The predicted octanol–water partition coefficient (Wildman–Crippen LogP) is 4.79. The first-order chi connectivity index (χ1) is 15.7.